The van der Waals surface area contributed by atoms with Crippen LogP contribution in [0.15, 0.2) is 84.9 Å². The molecule has 0 bridgehead atoms. The summed E-state index contributed by atoms with van der Waals surface area (Å²) in [6, 6.07) is 25.1. The van der Waals surface area contributed by atoms with Gasteiger partial charge >= 0.3 is 0 Å². The first-order valence-corrected chi connectivity index (χ1v) is 15.0. The second-order valence-electron chi connectivity index (χ2n) is 9.95. The van der Waals surface area contributed by atoms with Gasteiger partial charge in [-0.3, -0.25) is 9.80 Å². The molecule has 0 spiro atoms. The lowest BCUT2D eigenvalue weighted by atomic mass is 9.94. The first-order chi connectivity index (χ1) is 20.3. The summed E-state index contributed by atoms with van der Waals surface area (Å²) in [5, 5.41) is 22.2. The van der Waals surface area contributed by atoms with Crippen LogP contribution in [-0.2, 0) is 0 Å². The molecule has 2 N–H and O–H groups in total. The van der Waals surface area contributed by atoms with Crippen molar-refractivity contribution in [2.45, 2.75) is 12.1 Å². The number of piperazine rings is 1. The van der Waals surface area contributed by atoms with Crippen molar-refractivity contribution in [3.05, 3.63) is 116 Å². The maximum absolute atomic E-state index is 10.1. The van der Waals surface area contributed by atoms with Crippen LogP contribution in [0.2, 0.25) is 20.1 Å². The minimum atomic E-state index is -0.180. The Kier molecular flexibility index (Phi) is 10.5. The molecule has 1 heterocycles. The molecule has 10 heteroatoms. The summed E-state index contributed by atoms with van der Waals surface area (Å²) in [5.74, 6) is 2.49. The molecular formula is C32H30Cl4N2O4. The highest BCUT2D eigenvalue weighted by molar-refractivity contribution is 6.32. The highest BCUT2D eigenvalue weighted by Crippen LogP contribution is 2.42. The number of halogens is 4. The zero-order chi connectivity index (χ0) is 29.6. The molecular weight excluding hydrogens is 618 g/mol. The first-order valence-electron chi connectivity index (χ1n) is 13.5. The van der Waals surface area contributed by atoms with Crippen LogP contribution in [0.3, 0.4) is 0 Å². The molecule has 2 atom stereocenters. The average molecular weight is 648 g/mol. The van der Waals surface area contributed by atoms with Gasteiger partial charge in [-0.05, 0) is 83.9 Å². The van der Waals surface area contributed by atoms with Crippen LogP contribution in [-0.4, -0.2) is 59.4 Å². The molecule has 1 saturated heterocycles. The van der Waals surface area contributed by atoms with Crippen molar-refractivity contribution in [1.82, 2.24) is 9.80 Å². The van der Waals surface area contributed by atoms with E-state index in [2.05, 4.69) is 9.80 Å². The third kappa shape index (κ3) is 7.51. The maximum Gasteiger partial charge on any atom is 0.128 e. The van der Waals surface area contributed by atoms with Crippen LogP contribution < -0.4 is 9.47 Å². The van der Waals surface area contributed by atoms with E-state index in [1.165, 1.54) is 0 Å². The number of nitrogens with zero attached hydrogens (tertiary/aromatic N) is 2. The third-order valence-electron chi connectivity index (χ3n) is 7.20. The number of hydrogen-bond acceptors (Lipinski definition) is 6. The molecule has 0 amide bonds. The SMILES string of the molecule is OCCN1CC(c2ccc(Oc3ccc(Cl)cc3)cc2Cl)N(CCO)C(c2ccc(Oc3ccc(Cl)cc3)cc2Cl)C1. The number of aliphatic hydroxyl groups is 2. The van der Waals surface area contributed by atoms with Gasteiger partial charge in [0.2, 0.25) is 0 Å². The van der Waals surface area contributed by atoms with Crippen molar-refractivity contribution in [3.8, 4) is 23.0 Å². The van der Waals surface area contributed by atoms with Crippen molar-refractivity contribution < 1.29 is 19.7 Å². The van der Waals surface area contributed by atoms with Crippen molar-refractivity contribution in [2.75, 3.05) is 39.4 Å². The fourth-order valence-electron chi connectivity index (χ4n) is 5.26. The highest BCUT2D eigenvalue weighted by atomic mass is 35.5. The van der Waals surface area contributed by atoms with E-state index in [1.807, 2.05) is 24.3 Å². The standard InChI is InChI=1S/C32H30Cl4N2O4/c33-21-1-5-23(6-2-21)41-25-9-11-27(29(35)17-25)31-19-37(13-15-39)20-32(38(31)14-16-40)28-12-10-26(18-30(28)36)42-24-7-3-22(34)4-8-24/h1-12,17-18,31-32,39-40H,13-16,19-20H2. The Labute approximate surface area is 265 Å². The lowest BCUT2D eigenvalue weighted by Gasteiger charge is -2.47. The van der Waals surface area contributed by atoms with Gasteiger partial charge in [-0.25, -0.2) is 0 Å². The van der Waals surface area contributed by atoms with Crippen molar-refractivity contribution in [2.24, 2.45) is 0 Å². The van der Waals surface area contributed by atoms with Crippen LogP contribution in [0.25, 0.3) is 0 Å². The van der Waals surface area contributed by atoms with E-state index >= 15 is 0 Å². The van der Waals surface area contributed by atoms with Gasteiger partial charge in [0.1, 0.15) is 23.0 Å². The molecule has 0 aromatic heterocycles. The van der Waals surface area contributed by atoms with E-state index in [4.69, 9.17) is 55.9 Å². The highest BCUT2D eigenvalue weighted by Gasteiger charge is 2.37. The fourth-order valence-corrected chi connectivity index (χ4v) is 6.10. The largest absolute Gasteiger partial charge is 0.457 e. The van der Waals surface area contributed by atoms with Gasteiger partial charge in [-0.1, -0.05) is 58.5 Å². The molecule has 6 nitrogen and oxygen atoms in total. The molecule has 1 aliphatic rings. The quantitative estimate of drug-likeness (QED) is 0.181. The Morgan fingerprint density at radius 2 is 0.976 bits per heavy atom. The van der Waals surface area contributed by atoms with Gasteiger partial charge in [0, 0.05) is 58.4 Å². The summed E-state index contributed by atoms with van der Waals surface area (Å²) in [6.45, 7) is 2.10. The van der Waals surface area contributed by atoms with Gasteiger partial charge in [0.25, 0.3) is 0 Å². The average Bonchev–Trinajstić information content (AvgIpc) is 2.97. The second kappa shape index (κ2) is 14.3. The van der Waals surface area contributed by atoms with Gasteiger partial charge in [0.15, 0.2) is 0 Å². The molecule has 0 radical (unpaired) electrons. The Hall–Kier alpha value is -2.52. The van der Waals surface area contributed by atoms with E-state index in [-0.39, 0.29) is 25.3 Å². The summed E-state index contributed by atoms with van der Waals surface area (Å²) in [7, 11) is 0. The summed E-state index contributed by atoms with van der Waals surface area (Å²) >= 11 is 25.7. The molecule has 4 aromatic carbocycles. The van der Waals surface area contributed by atoms with Crippen molar-refractivity contribution >= 4 is 46.4 Å². The third-order valence-corrected chi connectivity index (χ3v) is 8.36. The van der Waals surface area contributed by atoms with Gasteiger partial charge in [-0.2, -0.15) is 0 Å². The molecule has 2 unspecified atom stereocenters. The van der Waals surface area contributed by atoms with E-state index < -0.39 is 0 Å². The number of rotatable bonds is 10. The van der Waals surface area contributed by atoms with Crippen LogP contribution in [0.5, 0.6) is 23.0 Å². The van der Waals surface area contributed by atoms with Gasteiger partial charge in [0.05, 0.1) is 13.2 Å². The first kappa shape index (κ1) is 30.9. The molecule has 220 valence electrons. The number of ether oxygens (including phenoxy) is 2. The second-order valence-corrected chi connectivity index (χ2v) is 11.6. The number of β-amino-alcohol motifs (C(OH)–C–C–N with tert-alkyl or cyclic N) is 2. The van der Waals surface area contributed by atoms with Crippen LogP contribution in [0.1, 0.15) is 23.2 Å². The Bertz CT molecular complexity index is 1380. The summed E-state index contributed by atoms with van der Waals surface area (Å²) in [6.07, 6.45) is 0. The van der Waals surface area contributed by atoms with E-state index in [0.717, 1.165) is 11.1 Å². The molecule has 1 aliphatic heterocycles. The van der Waals surface area contributed by atoms with Gasteiger partial charge < -0.3 is 19.7 Å². The topological polar surface area (TPSA) is 65.4 Å². The lowest BCUT2D eigenvalue weighted by molar-refractivity contribution is 0.00442. The Morgan fingerprint density at radius 3 is 1.36 bits per heavy atom. The summed E-state index contributed by atoms with van der Waals surface area (Å²) in [5.41, 5.74) is 1.78. The minimum absolute atomic E-state index is 0.0165. The number of benzene rings is 4. The van der Waals surface area contributed by atoms with E-state index in [1.54, 1.807) is 60.7 Å². The molecule has 5 rings (SSSR count). The predicted octanol–water partition coefficient (Wildman–Crippen LogP) is 8.27. The summed E-state index contributed by atoms with van der Waals surface area (Å²) < 4.78 is 12.0. The molecule has 1 fully saturated rings. The normalized spacial score (nSPS) is 17.8. The van der Waals surface area contributed by atoms with Crippen LogP contribution >= 0.6 is 46.4 Å². The monoisotopic (exact) mass is 646 g/mol. The predicted molar refractivity (Wildman–Crippen MR) is 169 cm³/mol. The van der Waals surface area contributed by atoms with E-state index in [0.29, 0.717) is 69.3 Å². The molecule has 0 aliphatic carbocycles. The number of hydrogen-bond donors (Lipinski definition) is 2. The Morgan fingerprint density at radius 1 is 0.571 bits per heavy atom. The number of aliphatic hydroxyl groups excluding tert-OH is 2. The maximum atomic E-state index is 10.1. The zero-order valence-corrected chi connectivity index (χ0v) is 25.6. The zero-order valence-electron chi connectivity index (χ0n) is 22.6. The smallest absolute Gasteiger partial charge is 0.128 e. The summed E-state index contributed by atoms with van der Waals surface area (Å²) in [4.78, 5) is 4.40. The van der Waals surface area contributed by atoms with Crippen molar-refractivity contribution in [3.63, 3.8) is 0 Å². The lowest BCUT2D eigenvalue weighted by Crippen LogP contribution is -2.51. The van der Waals surface area contributed by atoms with Crippen molar-refractivity contribution in [1.29, 1.82) is 0 Å². The minimum Gasteiger partial charge on any atom is -0.457 e. The van der Waals surface area contributed by atoms with Crippen LogP contribution in [0, 0.1) is 0 Å². The van der Waals surface area contributed by atoms with Crippen LogP contribution in [0.4, 0.5) is 0 Å². The Balaban J connectivity index is 1.43. The van der Waals surface area contributed by atoms with Gasteiger partial charge in [-0.15, -0.1) is 0 Å². The van der Waals surface area contributed by atoms with E-state index in [9.17, 15) is 10.2 Å². The molecule has 4 aromatic rings. The molecule has 42 heavy (non-hydrogen) atoms. The molecule has 0 saturated carbocycles. The fraction of sp³-hybridized carbons (Fsp3) is 0.250.